The highest BCUT2D eigenvalue weighted by Gasteiger charge is 2.20. The number of hydrogen-bond acceptors (Lipinski definition) is 5. The van der Waals surface area contributed by atoms with Crippen LogP contribution in [0.3, 0.4) is 0 Å². The van der Waals surface area contributed by atoms with Crippen LogP contribution in [-0.4, -0.2) is 32.0 Å². The van der Waals surface area contributed by atoms with Crippen LogP contribution in [-0.2, 0) is 14.3 Å². The number of halogens is 1. The van der Waals surface area contributed by atoms with E-state index in [1.807, 2.05) is 5.32 Å². The van der Waals surface area contributed by atoms with Gasteiger partial charge >= 0.3 is 11.9 Å². The molecule has 0 radical (unpaired) electrons. The predicted molar refractivity (Wildman–Crippen MR) is 62.5 cm³/mol. The second-order valence-electron chi connectivity index (χ2n) is 3.12. The molecule has 6 nitrogen and oxygen atoms in total. The van der Waals surface area contributed by atoms with Gasteiger partial charge in [0.15, 0.2) is 0 Å². The SMILES string of the molecule is COC(=O)C(=O)NC(=O)c1cc(OC)ccc1Cl. The van der Waals surface area contributed by atoms with Crippen molar-refractivity contribution < 1.29 is 23.9 Å². The first-order chi connectivity index (χ1) is 8.49. The number of ether oxygens (including phenoxy) is 2. The molecule has 1 rings (SSSR count). The van der Waals surface area contributed by atoms with Crippen molar-refractivity contribution in [3.63, 3.8) is 0 Å². The number of amides is 2. The average molecular weight is 272 g/mol. The fourth-order valence-corrected chi connectivity index (χ4v) is 1.32. The van der Waals surface area contributed by atoms with E-state index >= 15 is 0 Å². The summed E-state index contributed by atoms with van der Waals surface area (Å²) in [5, 5.41) is 1.98. The third kappa shape index (κ3) is 3.21. The van der Waals surface area contributed by atoms with Crippen LogP contribution < -0.4 is 10.1 Å². The lowest BCUT2D eigenvalue weighted by molar-refractivity contribution is -0.152. The Morgan fingerprint density at radius 3 is 2.44 bits per heavy atom. The third-order valence-electron chi connectivity index (χ3n) is 2.02. The Bertz CT molecular complexity index is 500. The van der Waals surface area contributed by atoms with Gasteiger partial charge in [-0.05, 0) is 18.2 Å². The second-order valence-corrected chi connectivity index (χ2v) is 3.53. The quantitative estimate of drug-likeness (QED) is 0.635. The van der Waals surface area contributed by atoms with Crippen molar-refractivity contribution in [1.29, 1.82) is 0 Å². The largest absolute Gasteiger partial charge is 0.497 e. The molecule has 0 saturated carbocycles. The fraction of sp³-hybridized carbons (Fsp3) is 0.182. The van der Waals surface area contributed by atoms with Crippen molar-refractivity contribution in [2.45, 2.75) is 0 Å². The number of carbonyl (C=O) groups is 3. The Balaban J connectivity index is 2.90. The molecule has 0 aliphatic carbocycles. The summed E-state index contributed by atoms with van der Waals surface area (Å²) in [5.74, 6) is -2.74. The smallest absolute Gasteiger partial charge is 0.396 e. The Hall–Kier alpha value is -2.08. The first kappa shape index (κ1) is 14.0. The van der Waals surface area contributed by atoms with E-state index in [0.717, 1.165) is 7.11 Å². The van der Waals surface area contributed by atoms with Crippen LogP contribution in [0.4, 0.5) is 0 Å². The second kappa shape index (κ2) is 6.02. The molecule has 0 unspecified atom stereocenters. The topological polar surface area (TPSA) is 81.7 Å². The first-order valence-electron chi connectivity index (χ1n) is 4.76. The Morgan fingerprint density at radius 2 is 1.89 bits per heavy atom. The van der Waals surface area contributed by atoms with Crippen molar-refractivity contribution >= 4 is 29.4 Å². The summed E-state index contributed by atoms with van der Waals surface area (Å²) in [6, 6.07) is 4.35. The van der Waals surface area contributed by atoms with Crippen molar-refractivity contribution in [2.24, 2.45) is 0 Å². The van der Waals surface area contributed by atoms with Gasteiger partial charge in [0.1, 0.15) is 5.75 Å². The summed E-state index contributed by atoms with van der Waals surface area (Å²) in [6.45, 7) is 0. The Kier molecular flexibility index (Phi) is 4.67. The van der Waals surface area contributed by atoms with Gasteiger partial charge in [-0.1, -0.05) is 11.6 Å². The highest BCUT2D eigenvalue weighted by atomic mass is 35.5. The van der Waals surface area contributed by atoms with Crippen LogP contribution in [0.5, 0.6) is 5.75 Å². The average Bonchev–Trinajstić information content (AvgIpc) is 2.38. The third-order valence-corrected chi connectivity index (χ3v) is 2.35. The van der Waals surface area contributed by atoms with Crippen LogP contribution >= 0.6 is 11.6 Å². The molecule has 0 heterocycles. The van der Waals surface area contributed by atoms with Gasteiger partial charge in [0.05, 0.1) is 24.8 Å². The van der Waals surface area contributed by atoms with Crippen LogP contribution in [0.1, 0.15) is 10.4 Å². The number of rotatable bonds is 2. The van der Waals surface area contributed by atoms with Gasteiger partial charge < -0.3 is 9.47 Å². The predicted octanol–water partition coefficient (Wildman–Crippen LogP) is 0.778. The standard InChI is InChI=1S/C11H10ClNO5/c1-17-6-3-4-8(12)7(5-6)9(14)13-10(15)11(16)18-2/h3-5H,1-2H3,(H,13,14,15). The molecule has 1 aromatic carbocycles. The zero-order chi connectivity index (χ0) is 13.7. The summed E-state index contributed by atoms with van der Waals surface area (Å²) in [7, 11) is 2.45. The van der Waals surface area contributed by atoms with Crippen molar-refractivity contribution in [3.05, 3.63) is 28.8 Å². The lowest BCUT2D eigenvalue weighted by Gasteiger charge is -2.06. The van der Waals surface area contributed by atoms with Crippen LogP contribution in [0.25, 0.3) is 0 Å². The van der Waals surface area contributed by atoms with E-state index in [1.165, 1.54) is 19.2 Å². The van der Waals surface area contributed by atoms with Crippen LogP contribution in [0.2, 0.25) is 5.02 Å². The summed E-state index contributed by atoms with van der Waals surface area (Å²) in [4.78, 5) is 33.7. The highest BCUT2D eigenvalue weighted by molar-refractivity contribution is 6.38. The first-order valence-corrected chi connectivity index (χ1v) is 5.14. The van der Waals surface area contributed by atoms with Crippen molar-refractivity contribution in [1.82, 2.24) is 5.32 Å². The molecule has 0 aliphatic heterocycles. The summed E-state index contributed by atoms with van der Waals surface area (Å²) < 4.78 is 9.08. The molecule has 0 spiro atoms. The van der Waals surface area contributed by atoms with Crippen molar-refractivity contribution in [2.75, 3.05) is 14.2 Å². The van der Waals surface area contributed by atoms with Crippen molar-refractivity contribution in [3.8, 4) is 5.75 Å². The molecule has 0 aliphatic rings. The molecule has 96 valence electrons. The summed E-state index contributed by atoms with van der Waals surface area (Å²) in [6.07, 6.45) is 0. The van der Waals surface area contributed by atoms with E-state index < -0.39 is 17.8 Å². The number of hydrogen-bond donors (Lipinski definition) is 1. The van der Waals surface area contributed by atoms with Gasteiger partial charge in [0.2, 0.25) is 0 Å². The van der Waals surface area contributed by atoms with Gasteiger partial charge in [-0.3, -0.25) is 14.9 Å². The molecule has 0 saturated heterocycles. The minimum atomic E-state index is -1.17. The van der Waals surface area contributed by atoms with Gasteiger partial charge in [0.25, 0.3) is 5.91 Å². The van der Waals surface area contributed by atoms with Gasteiger partial charge in [-0.25, -0.2) is 4.79 Å². The maximum atomic E-state index is 11.7. The van der Waals surface area contributed by atoms with Gasteiger partial charge in [-0.15, -0.1) is 0 Å². The number of benzene rings is 1. The van der Waals surface area contributed by atoms with E-state index in [2.05, 4.69) is 4.74 Å². The fourth-order valence-electron chi connectivity index (χ4n) is 1.12. The number of nitrogens with one attached hydrogen (secondary N) is 1. The lowest BCUT2D eigenvalue weighted by atomic mass is 10.2. The maximum Gasteiger partial charge on any atom is 0.396 e. The zero-order valence-corrected chi connectivity index (χ0v) is 10.4. The number of carbonyl (C=O) groups excluding carboxylic acids is 3. The van der Waals surface area contributed by atoms with E-state index in [4.69, 9.17) is 16.3 Å². The normalized spacial score (nSPS) is 9.50. The minimum Gasteiger partial charge on any atom is -0.497 e. The maximum absolute atomic E-state index is 11.7. The van der Waals surface area contributed by atoms with Gasteiger partial charge in [-0.2, -0.15) is 0 Å². The molecule has 0 aromatic heterocycles. The van der Waals surface area contributed by atoms with E-state index in [9.17, 15) is 14.4 Å². The van der Waals surface area contributed by atoms with E-state index in [-0.39, 0.29) is 10.6 Å². The number of esters is 1. The zero-order valence-electron chi connectivity index (χ0n) is 9.65. The molecular formula is C11H10ClNO5. The van der Waals surface area contributed by atoms with Crippen LogP contribution in [0.15, 0.2) is 18.2 Å². The minimum absolute atomic E-state index is 0.0215. The Labute approximate surface area is 108 Å². The molecular weight excluding hydrogens is 262 g/mol. The monoisotopic (exact) mass is 271 g/mol. The molecule has 0 atom stereocenters. The summed E-state index contributed by atoms with van der Waals surface area (Å²) in [5.41, 5.74) is 0.0215. The molecule has 1 N–H and O–H groups in total. The van der Waals surface area contributed by atoms with Gasteiger partial charge in [0, 0.05) is 0 Å². The molecule has 18 heavy (non-hydrogen) atoms. The highest BCUT2D eigenvalue weighted by Crippen LogP contribution is 2.21. The van der Waals surface area contributed by atoms with E-state index in [1.54, 1.807) is 6.07 Å². The molecule has 1 aromatic rings. The summed E-state index contributed by atoms with van der Waals surface area (Å²) >= 11 is 5.80. The lowest BCUT2D eigenvalue weighted by Crippen LogP contribution is -2.36. The number of imide groups is 1. The molecule has 2 amide bonds. The number of methoxy groups -OCH3 is 2. The Morgan fingerprint density at radius 1 is 1.22 bits per heavy atom. The van der Waals surface area contributed by atoms with E-state index in [0.29, 0.717) is 5.75 Å². The molecule has 7 heteroatoms. The molecule has 0 fully saturated rings. The van der Waals surface area contributed by atoms with Crippen LogP contribution in [0, 0.1) is 0 Å². The molecule has 0 bridgehead atoms.